The molecule has 2 unspecified atom stereocenters. The van der Waals surface area contributed by atoms with Crippen LogP contribution in [-0.2, 0) is 11.3 Å². The second-order valence-electron chi connectivity index (χ2n) is 6.13. The molecule has 1 fully saturated rings. The summed E-state index contributed by atoms with van der Waals surface area (Å²) in [6, 6.07) is 5.37. The molecule has 2 aliphatic heterocycles. The Morgan fingerprint density at radius 3 is 2.86 bits per heavy atom. The third-order valence-electron chi connectivity index (χ3n) is 4.46. The predicted octanol–water partition coefficient (Wildman–Crippen LogP) is 0.572. The average Bonchev–Trinajstić information content (AvgIpc) is 2.47. The number of pyridine rings is 1. The first-order valence-corrected chi connectivity index (χ1v) is 7.40. The van der Waals surface area contributed by atoms with Crippen molar-refractivity contribution < 1.29 is 15.1 Å². The van der Waals surface area contributed by atoms with E-state index in [-0.39, 0.29) is 23.6 Å². The van der Waals surface area contributed by atoms with E-state index < -0.39 is 5.97 Å². The van der Waals surface area contributed by atoms with Gasteiger partial charge in [0.25, 0.3) is 5.56 Å². The zero-order valence-corrected chi connectivity index (χ0v) is 12.2. The van der Waals surface area contributed by atoms with Gasteiger partial charge in [0.2, 0.25) is 0 Å². The van der Waals surface area contributed by atoms with E-state index in [2.05, 4.69) is 10.1 Å². The number of aromatic nitrogens is 1. The first-order chi connectivity index (χ1) is 10.6. The minimum atomic E-state index is -0.998. The summed E-state index contributed by atoms with van der Waals surface area (Å²) in [6.45, 7) is 2.59. The zero-order chi connectivity index (χ0) is 15.7. The highest BCUT2D eigenvalue weighted by Crippen LogP contribution is 2.34. The van der Waals surface area contributed by atoms with E-state index in [9.17, 15) is 9.59 Å². The number of fused-ring (bicyclic) bond motifs is 4. The number of nitrogens with zero attached hydrogens (tertiary/aromatic N) is 3. The lowest BCUT2D eigenvalue weighted by Gasteiger charge is -2.42. The highest BCUT2D eigenvalue weighted by molar-refractivity contribution is 5.99. The number of piperidine rings is 1. The molecule has 7 nitrogen and oxygen atoms in total. The van der Waals surface area contributed by atoms with Crippen LogP contribution in [0.2, 0.25) is 0 Å². The van der Waals surface area contributed by atoms with E-state index in [0.717, 1.165) is 25.2 Å². The van der Waals surface area contributed by atoms with Crippen molar-refractivity contribution >= 4 is 11.7 Å². The van der Waals surface area contributed by atoms with Gasteiger partial charge in [-0.25, -0.2) is 0 Å². The molecule has 2 atom stereocenters. The Morgan fingerprint density at radius 1 is 1.32 bits per heavy atom. The van der Waals surface area contributed by atoms with Crippen molar-refractivity contribution in [3.05, 3.63) is 34.2 Å². The van der Waals surface area contributed by atoms with Gasteiger partial charge in [-0.2, -0.15) is 0 Å². The summed E-state index contributed by atoms with van der Waals surface area (Å²) in [4.78, 5) is 24.8. The standard InChI is InChI=1S/C15H19N3O4/c19-14-3-1-2-13-11-4-10(7-18(13)14)6-17(8-11)9-12(16-22)5-15(20)21/h1-3,10-11,22H,4-9H2,(H,20,21). The van der Waals surface area contributed by atoms with Gasteiger partial charge in [0, 0.05) is 43.9 Å². The molecule has 0 saturated carbocycles. The molecule has 118 valence electrons. The van der Waals surface area contributed by atoms with Crippen LogP contribution in [0.1, 0.15) is 24.5 Å². The van der Waals surface area contributed by atoms with Gasteiger partial charge in [0.15, 0.2) is 0 Å². The fourth-order valence-electron chi connectivity index (χ4n) is 3.68. The number of rotatable bonds is 4. The van der Waals surface area contributed by atoms with Crippen molar-refractivity contribution in [3.63, 3.8) is 0 Å². The van der Waals surface area contributed by atoms with Crippen molar-refractivity contribution in [1.29, 1.82) is 0 Å². The molecule has 3 rings (SSSR count). The second kappa shape index (κ2) is 5.92. The third kappa shape index (κ3) is 2.89. The van der Waals surface area contributed by atoms with Gasteiger partial charge in [-0.1, -0.05) is 11.2 Å². The lowest BCUT2D eigenvalue weighted by Crippen LogP contribution is -2.48. The van der Waals surface area contributed by atoms with Crippen LogP contribution in [0.4, 0.5) is 0 Å². The molecule has 1 saturated heterocycles. The molecule has 2 N–H and O–H groups in total. The Hall–Kier alpha value is -2.15. The van der Waals surface area contributed by atoms with E-state index in [1.807, 2.05) is 10.6 Å². The summed E-state index contributed by atoms with van der Waals surface area (Å²) >= 11 is 0. The molecule has 0 aliphatic carbocycles. The van der Waals surface area contributed by atoms with Crippen molar-refractivity contribution in [3.8, 4) is 0 Å². The molecule has 1 aromatic heterocycles. The first-order valence-electron chi connectivity index (χ1n) is 7.40. The number of aliphatic carboxylic acids is 1. The molecule has 0 radical (unpaired) electrons. The summed E-state index contributed by atoms with van der Waals surface area (Å²) in [5.74, 6) is -0.357. The quantitative estimate of drug-likeness (QED) is 0.482. The van der Waals surface area contributed by atoms with E-state index in [1.54, 1.807) is 12.1 Å². The van der Waals surface area contributed by atoms with Gasteiger partial charge >= 0.3 is 5.97 Å². The average molecular weight is 305 g/mol. The fraction of sp³-hybridized carbons (Fsp3) is 0.533. The Morgan fingerprint density at radius 2 is 2.14 bits per heavy atom. The van der Waals surface area contributed by atoms with E-state index in [0.29, 0.717) is 19.0 Å². The monoisotopic (exact) mass is 305 g/mol. The number of hydrogen-bond acceptors (Lipinski definition) is 5. The van der Waals surface area contributed by atoms with Crippen molar-refractivity contribution in [2.75, 3.05) is 19.6 Å². The summed E-state index contributed by atoms with van der Waals surface area (Å²) in [5, 5.41) is 20.9. The van der Waals surface area contributed by atoms with E-state index in [1.165, 1.54) is 0 Å². The Labute approximate surface area is 127 Å². The number of hydrogen-bond donors (Lipinski definition) is 2. The van der Waals surface area contributed by atoms with Crippen molar-refractivity contribution in [2.24, 2.45) is 11.1 Å². The van der Waals surface area contributed by atoms with Gasteiger partial charge < -0.3 is 14.9 Å². The van der Waals surface area contributed by atoms with Gasteiger partial charge in [-0.05, 0) is 18.4 Å². The summed E-state index contributed by atoms with van der Waals surface area (Å²) in [7, 11) is 0. The lowest BCUT2D eigenvalue weighted by atomic mass is 9.83. The largest absolute Gasteiger partial charge is 0.481 e. The van der Waals surface area contributed by atoms with Crippen molar-refractivity contribution in [2.45, 2.75) is 25.3 Å². The molecule has 22 heavy (non-hydrogen) atoms. The normalized spacial score (nSPS) is 24.8. The minimum absolute atomic E-state index is 0.0455. The second-order valence-corrected chi connectivity index (χ2v) is 6.13. The van der Waals surface area contributed by atoms with Crippen LogP contribution in [0, 0.1) is 5.92 Å². The summed E-state index contributed by atoms with van der Waals surface area (Å²) in [6.07, 6.45) is 0.795. The SMILES string of the molecule is O=C(O)CC(CN1CC2CC(C1)c1cccc(=O)n1C2)=NO. The molecular weight excluding hydrogens is 286 g/mol. The van der Waals surface area contributed by atoms with Gasteiger partial charge in [-0.15, -0.1) is 0 Å². The molecule has 0 spiro atoms. The molecule has 1 aromatic rings. The number of likely N-dealkylation sites (tertiary alicyclic amines) is 1. The number of oxime groups is 1. The van der Waals surface area contributed by atoms with E-state index in [4.69, 9.17) is 10.3 Å². The maximum absolute atomic E-state index is 12.0. The van der Waals surface area contributed by atoms with Crippen molar-refractivity contribution in [1.82, 2.24) is 9.47 Å². The van der Waals surface area contributed by atoms with Crippen LogP contribution in [-0.4, -0.2) is 51.1 Å². The molecule has 3 heterocycles. The highest BCUT2D eigenvalue weighted by atomic mass is 16.4. The zero-order valence-electron chi connectivity index (χ0n) is 12.2. The third-order valence-corrected chi connectivity index (χ3v) is 4.46. The Kier molecular flexibility index (Phi) is 3.98. The topological polar surface area (TPSA) is 95.1 Å². The minimum Gasteiger partial charge on any atom is -0.481 e. The van der Waals surface area contributed by atoms with Gasteiger partial charge in [0.1, 0.15) is 0 Å². The number of carboxylic acid groups (broad SMARTS) is 1. The fourth-order valence-corrected chi connectivity index (χ4v) is 3.68. The lowest BCUT2D eigenvalue weighted by molar-refractivity contribution is -0.135. The van der Waals surface area contributed by atoms with Crippen LogP contribution in [0.25, 0.3) is 0 Å². The molecule has 0 amide bonds. The van der Waals surface area contributed by atoms with Gasteiger partial charge in [-0.3, -0.25) is 14.5 Å². The maximum atomic E-state index is 12.0. The molecule has 0 aromatic carbocycles. The summed E-state index contributed by atoms with van der Waals surface area (Å²) < 4.78 is 1.86. The van der Waals surface area contributed by atoms with Crippen LogP contribution in [0.5, 0.6) is 0 Å². The maximum Gasteiger partial charge on any atom is 0.309 e. The van der Waals surface area contributed by atoms with Crippen LogP contribution in [0.3, 0.4) is 0 Å². The van der Waals surface area contributed by atoms with Crippen LogP contribution >= 0.6 is 0 Å². The predicted molar refractivity (Wildman–Crippen MR) is 79.5 cm³/mol. The smallest absolute Gasteiger partial charge is 0.309 e. The molecule has 2 aliphatic rings. The Bertz CT molecular complexity index is 667. The Balaban J connectivity index is 1.76. The number of carboxylic acids is 1. The molecule has 2 bridgehead atoms. The van der Waals surface area contributed by atoms with Gasteiger partial charge in [0.05, 0.1) is 12.1 Å². The molecule has 7 heteroatoms. The van der Waals surface area contributed by atoms with E-state index >= 15 is 0 Å². The summed E-state index contributed by atoms with van der Waals surface area (Å²) in [5.41, 5.74) is 1.36. The highest BCUT2D eigenvalue weighted by Gasteiger charge is 2.34. The first kappa shape index (κ1) is 14.8. The molecular formula is C15H19N3O4. The number of carbonyl (C=O) groups is 1. The van der Waals surface area contributed by atoms with Crippen LogP contribution < -0.4 is 5.56 Å². The van der Waals surface area contributed by atoms with Crippen LogP contribution in [0.15, 0.2) is 28.1 Å².